The summed E-state index contributed by atoms with van der Waals surface area (Å²) in [4.78, 5) is 39.2. The molecule has 0 aromatic heterocycles. The van der Waals surface area contributed by atoms with Gasteiger partial charge in [0.25, 0.3) is 0 Å². The number of carbonyl (C=O) groups excluding carboxylic acids is 2. The molecule has 4 rings (SSSR count). The third kappa shape index (κ3) is 5.48. The van der Waals surface area contributed by atoms with E-state index in [1.807, 2.05) is 36.4 Å². The molecule has 8 heteroatoms. The van der Waals surface area contributed by atoms with E-state index in [1.54, 1.807) is 7.11 Å². The molecule has 0 saturated heterocycles. The number of hydrogen-bond donors (Lipinski definition) is 2. The van der Waals surface area contributed by atoms with Gasteiger partial charge in [0.1, 0.15) is 18.7 Å². The molecule has 2 aliphatic carbocycles. The Morgan fingerprint density at radius 3 is 2.20 bits per heavy atom. The summed E-state index contributed by atoms with van der Waals surface area (Å²) in [6, 6.07) is 14.2. The molecule has 2 amide bonds. The fourth-order valence-electron chi connectivity index (χ4n) is 4.81. The van der Waals surface area contributed by atoms with E-state index < -0.39 is 30.1 Å². The molecular weight excluding hydrogens is 448 g/mol. The van der Waals surface area contributed by atoms with E-state index in [4.69, 9.17) is 9.47 Å². The van der Waals surface area contributed by atoms with Crippen LogP contribution in [0.3, 0.4) is 0 Å². The molecule has 0 radical (unpaired) electrons. The number of nitrogens with one attached hydrogen (secondary N) is 1. The molecule has 2 unspecified atom stereocenters. The highest BCUT2D eigenvalue weighted by Crippen LogP contribution is 2.44. The van der Waals surface area contributed by atoms with Gasteiger partial charge in [-0.3, -0.25) is 4.79 Å². The highest BCUT2D eigenvalue weighted by Gasteiger charge is 2.41. The fraction of sp³-hybridized carbons (Fsp3) is 0.444. The van der Waals surface area contributed by atoms with Crippen molar-refractivity contribution in [1.29, 1.82) is 0 Å². The monoisotopic (exact) mass is 480 g/mol. The summed E-state index contributed by atoms with van der Waals surface area (Å²) >= 11 is 0. The first-order valence-corrected chi connectivity index (χ1v) is 12.1. The van der Waals surface area contributed by atoms with Crippen molar-refractivity contribution in [1.82, 2.24) is 10.2 Å². The Labute approximate surface area is 205 Å². The topological polar surface area (TPSA) is 105 Å². The Balaban J connectivity index is 1.45. The minimum Gasteiger partial charge on any atom is -0.480 e. The largest absolute Gasteiger partial charge is 0.480 e. The number of hydrogen-bond acceptors (Lipinski definition) is 5. The smallest absolute Gasteiger partial charge is 0.407 e. The van der Waals surface area contributed by atoms with E-state index in [-0.39, 0.29) is 18.6 Å². The van der Waals surface area contributed by atoms with Crippen molar-refractivity contribution in [2.75, 3.05) is 20.3 Å². The molecule has 2 atom stereocenters. The zero-order valence-corrected chi connectivity index (χ0v) is 20.1. The second-order valence-electron chi connectivity index (χ2n) is 9.15. The van der Waals surface area contributed by atoms with Gasteiger partial charge in [0.15, 0.2) is 0 Å². The van der Waals surface area contributed by atoms with Crippen molar-refractivity contribution in [2.45, 2.75) is 56.7 Å². The molecule has 0 spiro atoms. The number of rotatable bonds is 11. The lowest BCUT2D eigenvalue weighted by Crippen LogP contribution is -2.54. The standard InChI is InChI=1S/C27H32N2O6/c1-17(26(31)32)29(18-13-14-18)25(30)24(12-7-15-34-2)28-27(33)35-16-23-21-10-5-3-8-19(21)20-9-4-6-11-22(20)23/h3-6,8-11,17-18,23-24H,7,12-16H2,1-2H3,(H,28,33)(H,31,32). The van der Waals surface area contributed by atoms with E-state index >= 15 is 0 Å². The van der Waals surface area contributed by atoms with Crippen LogP contribution >= 0.6 is 0 Å². The number of amides is 2. The van der Waals surface area contributed by atoms with E-state index in [0.717, 1.165) is 35.1 Å². The van der Waals surface area contributed by atoms with Gasteiger partial charge >= 0.3 is 12.1 Å². The number of ether oxygens (including phenoxy) is 2. The highest BCUT2D eigenvalue weighted by atomic mass is 16.5. The molecular formula is C27H32N2O6. The Morgan fingerprint density at radius 2 is 1.66 bits per heavy atom. The predicted octanol–water partition coefficient (Wildman–Crippen LogP) is 3.78. The lowest BCUT2D eigenvalue weighted by Gasteiger charge is -2.30. The molecule has 2 aromatic carbocycles. The average molecular weight is 481 g/mol. The zero-order valence-electron chi connectivity index (χ0n) is 20.1. The minimum atomic E-state index is -1.07. The summed E-state index contributed by atoms with van der Waals surface area (Å²) in [7, 11) is 1.57. The second-order valence-corrected chi connectivity index (χ2v) is 9.15. The normalized spacial score (nSPS) is 16.1. The van der Waals surface area contributed by atoms with Crippen molar-refractivity contribution >= 4 is 18.0 Å². The van der Waals surface area contributed by atoms with E-state index in [0.29, 0.717) is 19.4 Å². The van der Waals surface area contributed by atoms with Crippen molar-refractivity contribution in [3.63, 3.8) is 0 Å². The molecule has 186 valence electrons. The second kappa shape index (κ2) is 10.9. The van der Waals surface area contributed by atoms with Crippen LogP contribution in [0.1, 0.15) is 49.7 Å². The van der Waals surface area contributed by atoms with Crippen molar-refractivity contribution in [2.24, 2.45) is 0 Å². The highest BCUT2D eigenvalue weighted by molar-refractivity contribution is 5.89. The minimum absolute atomic E-state index is 0.0919. The molecule has 2 aromatic rings. The summed E-state index contributed by atoms with van der Waals surface area (Å²) in [5.41, 5.74) is 4.47. The van der Waals surface area contributed by atoms with E-state index in [1.165, 1.54) is 11.8 Å². The Hall–Kier alpha value is -3.39. The van der Waals surface area contributed by atoms with Crippen LogP contribution in [-0.4, -0.2) is 66.4 Å². The summed E-state index contributed by atoms with van der Waals surface area (Å²) in [5, 5.41) is 12.2. The third-order valence-electron chi connectivity index (χ3n) is 6.74. The molecule has 8 nitrogen and oxygen atoms in total. The fourth-order valence-corrected chi connectivity index (χ4v) is 4.81. The van der Waals surface area contributed by atoms with Gasteiger partial charge in [-0.2, -0.15) is 0 Å². The Morgan fingerprint density at radius 1 is 1.06 bits per heavy atom. The number of carbonyl (C=O) groups is 3. The van der Waals surface area contributed by atoms with Crippen LogP contribution in [0.5, 0.6) is 0 Å². The molecule has 0 heterocycles. The number of carboxylic acids is 1. The van der Waals surface area contributed by atoms with Gasteiger partial charge in [-0.1, -0.05) is 48.5 Å². The Bertz CT molecular complexity index is 1040. The molecule has 2 aliphatic rings. The quantitative estimate of drug-likeness (QED) is 0.474. The van der Waals surface area contributed by atoms with E-state index in [9.17, 15) is 19.5 Å². The first kappa shape index (κ1) is 24.7. The van der Waals surface area contributed by atoms with Crippen LogP contribution in [0.25, 0.3) is 11.1 Å². The first-order valence-electron chi connectivity index (χ1n) is 12.1. The SMILES string of the molecule is COCCCC(NC(=O)OCC1c2ccccc2-c2ccccc21)C(=O)N(C1CC1)C(C)C(=O)O. The van der Waals surface area contributed by atoms with Crippen LogP contribution in [-0.2, 0) is 19.1 Å². The number of alkyl carbamates (subject to hydrolysis) is 1. The predicted molar refractivity (Wildman–Crippen MR) is 130 cm³/mol. The van der Waals surface area contributed by atoms with Crippen LogP contribution in [0.4, 0.5) is 4.79 Å². The van der Waals surface area contributed by atoms with Crippen LogP contribution in [0, 0.1) is 0 Å². The molecule has 0 bridgehead atoms. The zero-order chi connectivity index (χ0) is 24.9. The van der Waals surface area contributed by atoms with Gasteiger partial charge in [-0.25, -0.2) is 9.59 Å². The summed E-state index contributed by atoms with van der Waals surface area (Å²) < 4.78 is 10.7. The van der Waals surface area contributed by atoms with Gasteiger partial charge in [-0.15, -0.1) is 0 Å². The molecule has 0 aliphatic heterocycles. The molecule has 2 N–H and O–H groups in total. The van der Waals surface area contributed by atoms with Gasteiger partial charge in [0.2, 0.25) is 5.91 Å². The lowest BCUT2D eigenvalue weighted by atomic mass is 9.98. The maximum absolute atomic E-state index is 13.3. The number of benzene rings is 2. The number of fused-ring (bicyclic) bond motifs is 3. The van der Waals surface area contributed by atoms with Gasteiger partial charge in [0.05, 0.1) is 0 Å². The molecule has 1 fully saturated rings. The maximum atomic E-state index is 13.3. The average Bonchev–Trinajstić information content (AvgIpc) is 3.64. The van der Waals surface area contributed by atoms with Crippen molar-refractivity contribution in [3.8, 4) is 11.1 Å². The van der Waals surface area contributed by atoms with Gasteiger partial charge < -0.3 is 24.8 Å². The van der Waals surface area contributed by atoms with Gasteiger partial charge in [0, 0.05) is 25.7 Å². The number of carboxylic acid groups (broad SMARTS) is 1. The van der Waals surface area contributed by atoms with Gasteiger partial charge in [-0.05, 0) is 54.9 Å². The van der Waals surface area contributed by atoms with Crippen LogP contribution in [0.15, 0.2) is 48.5 Å². The summed E-state index contributed by atoms with van der Waals surface area (Å²) in [5.74, 6) is -1.56. The Kier molecular flexibility index (Phi) is 7.70. The van der Waals surface area contributed by atoms with Crippen molar-refractivity contribution < 1.29 is 29.0 Å². The lowest BCUT2D eigenvalue weighted by molar-refractivity contribution is -0.151. The van der Waals surface area contributed by atoms with Crippen LogP contribution < -0.4 is 5.32 Å². The summed E-state index contributed by atoms with van der Waals surface area (Å²) in [6.07, 6.45) is 1.70. The number of aliphatic carboxylic acids is 1. The number of methoxy groups -OCH3 is 1. The molecule has 1 saturated carbocycles. The first-order chi connectivity index (χ1) is 16.9. The molecule has 35 heavy (non-hydrogen) atoms. The van der Waals surface area contributed by atoms with E-state index in [2.05, 4.69) is 17.4 Å². The number of nitrogens with zero attached hydrogens (tertiary/aromatic N) is 1. The van der Waals surface area contributed by atoms with Crippen LogP contribution in [0.2, 0.25) is 0 Å². The van der Waals surface area contributed by atoms with Crippen molar-refractivity contribution in [3.05, 3.63) is 59.7 Å². The summed E-state index contributed by atoms with van der Waals surface area (Å²) in [6.45, 7) is 2.06. The third-order valence-corrected chi connectivity index (χ3v) is 6.74. The maximum Gasteiger partial charge on any atom is 0.407 e.